The summed E-state index contributed by atoms with van der Waals surface area (Å²) in [5.41, 5.74) is 5.82. The molecule has 3 N–H and O–H groups in total. The fourth-order valence-electron chi connectivity index (χ4n) is 3.73. The predicted octanol–water partition coefficient (Wildman–Crippen LogP) is 0.644. The zero-order chi connectivity index (χ0) is 16.5. The number of methoxy groups -OCH3 is 1. The van der Waals surface area contributed by atoms with Crippen molar-refractivity contribution in [2.75, 3.05) is 13.7 Å². The Balaban J connectivity index is 2.11. The van der Waals surface area contributed by atoms with Gasteiger partial charge in [0.05, 0.1) is 19.1 Å². The van der Waals surface area contributed by atoms with Crippen molar-refractivity contribution in [2.45, 2.75) is 70.1 Å². The van der Waals surface area contributed by atoms with Gasteiger partial charge in [0, 0.05) is 24.2 Å². The number of likely N-dealkylation sites (tertiary alicyclic amines) is 1. The zero-order valence-corrected chi connectivity index (χ0v) is 14.1. The molecule has 3 unspecified atom stereocenters. The van der Waals surface area contributed by atoms with Gasteiger partial charge in [-0.05, 0) is 46.5 Å². The number of amides is 1. The number of nitrogens with zero attached hydrogens (tertiary/aromatic N) is 1. The van der Waals surface area contributed by atoms with Gasteiger partial charge in [-0.15, -0.1) is 0 Å². The number of ether oxygens (including phenoxy) is 1. The molecular formula is C16H29N3O3. The molecule has 1 saturated heterocycles. The summed E-state index contributed by atoms with van der Waals surface area (Å²) in [5, 5.41) is 3.56. The Morgan fingerprint density at radius 2 is 2.00 bits per heavy atom. The van der Waals surface area contributed by atoms with Gasteiger partial charge in [-0.1, -0.05) is 0 Å². The van der Waals surface area contributed by atoms with E-state index < -0.39 is 6.04 Å². The van der Waals surface area contributed by atoms with E-state index in [-0.39, 0.29) is 35.4 Å². The van der Waals surface area contributed by atoms with E-state index in [1.165, 1.54) is 7.11 Å². The number of nitrogens with one attached hydrogen (secondary N) is 1. The summed E-state index contributed by atoms with van der Waals surface area (Å²) in [6.45, 7) is 7.01. The minimum Gasteiger partial charge on any atom is -0.469 e. The van der Waals surface area contributed by atoms with Crippen LogP contribution in [0.2, 0.25) is 0 Å². The molecule has 0 aromatic rings. The van der Waals surface area contributed by atoms with E-state index in [0.717, 1.165) is 12.8 Å². The molecule has 0 radical (unpaired) electrons. The second-order valence-electron chi connectivity index (χ2n) is 7.53. The first-order valence-corrected chi connectivity index (χ1v) is 8.14. The summed E-state index contributed by atoms with van der Waals surface area (Å²) >= 11 is 0. The zero-order valence-electron chi connectivity index (χ0n) is 14.1. The maximum absolute atomic E-state index is 12.2. The van der Waals surface area contributed by atoms with Crippen LogP contribution in [0.4, 0.5) is 0 Å². The normalized spacial score (nSPS) is 33.1. The van der Waals surface area contributed by atoms with Crippen molar-refractivity contribution in [3.63, 3.8) is 0 Å². The lowest BCUT2D eigenvalue weighted by atomic mass is 9.80. The van der Waals surface area contributed by atoms with Crippen molar-refractivity contribution < 1.29 is 14.3 Å². The average molecular weight is 311 g/mol. The smallest absolute Gasteiger partial charge is 0.310 e. The lowest BCUT2D eigenvalue weighted by Gasteiger charge is -2.41. The molecule has 0 aromatic carbocycles. The fraction of sp³-hybridized carbons (Fsp3) is 0.875. The number of nitrogens with two attached hydrogens (primary N) is 1. The van der Waals surface area contributed by atoms with Crippen LogP contribution in [0, 0.1) is 5.92 Å². The molecule has 1 aliphatic carbocycles. The maximum atomic E-state index is 12.2. The molecule has 2 rings (SSSR count). The van der Waals surface area contributed by atoms with E-state index in [2.05, 4.69) is 26.1 Å². The Labute approximate surface area is 132 Å². The van der Waals surface area contributed by atoms with Gasteiger partial charge in [0.15, 0.2) is 0 Å². The molecule has 6 nitrogen and oxygen atoms in total. The molecule has 1 amide bonds. The highest BCUT2D eigenvalue weighted by atomic mass is 16.5. The van der Waals surface area contributed by atoms with Gasteiger partial charge in [-0.3, -0.25) is 9.59 Å². The Morgan fingerprint density at radius 3 is 2.50 bits per heavy atom. The van der Waals surface area contributed by atoms with E-state index in [1.807, 2.05) is 0 Å². The molecule has 1 saturated carbocycles. The third kappa shape index (κ3) is 3.79. The molecule has 0 aromatic heterocycles. The van der Waals surface area contributed by atoms with Crippen LogP contribution in [0.5, 0.6) is 0 Å². The van der Waals surface area contributed by atoms with Gasteiger partial charge in [-0.25, -0.2) is 0 Å². The second kappa shape index (κ2) is 6.54. The summed E-state index contributed by atoms with van der Waals surface area (Å²) in [6, 6.07) is -0.220. The van der Waals surface area contributed by atoms with Gasteiger partial charge in [0.2, 0.25) is 5.91 Å². The largest absolute Gasteiger partial charge is 0.469 e. The molecule has 2 aliphatic rings. The summed E-state index contributed by atoms with van der Waals surface area (Å²) in [6.07, 6.45) is 3.14. The molecular weight excluding hydrogens is 282 g/mol. The maximum Gasteiger partial charge on any atom is 0.310 e. The van der Waals surface area contributed by atoms with Gasteiger partial charge in [-0.2, -0.15) is 0 Å². The lowest BCUT2D eigenvalue weighted by molar-refractivity contribution is -0.151. The first-order valence-electron chi connectivity index (χ1n) is 8.14. The highest BCUT2D eigenvalue weighted by molar-refractivity contribution is 5.85. The number of hydrogen-bond donors (Lipinski definition) is 2. The molecule has 1 heterocycles. The first kappa shape index (κ1) is 17.2. The van der Waals surface area contributed by atoms with Crippen LogP contribution in [0.3, 0.4) is 0 Å². The molecule has 0 bridgehead atoms. The van der Waals surface area contributed by atoms with Crippen molar-refractivity contribution in [1.82, 2.24) is 10.2 Å². The number of hydrogen-bond acceptors (Lipinski definition) is 5. The Hall–Kier alpha value is -1.14. The Morgan fingerprint density at radius 1 is 1.32 bits per heavy atom. The van der Waals surface area contributed by atoms with Crippen LogP contribution < -0.4 is 11.1 Å². The summed E-state index contributed by atoms with van der Waals surface area (Å²) < 4.78 is 4.98. The molecule has 1 aliphatic heterocycles. The lowest BCUT2D eigenvalue weighted by Crippen LogP contribution is -2.54. The Bertz CT molecular complexity index is 433. The minimum atomic E-state index is -0.413. The van der Waals surface area contributed by atoms with Crippen LogP contribution in [0.15, 0.2) is 0 Å². The van der Waals surface area contributed by atoms with Crippen LogP contribution in [-0.4, -0.2) is 54.1 Å². The molecule has 4 atom stereocenters. The summed E-state index contributed by atoms with van der Waals surface area (Å²) in [7, 11) is 1.41. The minimum absolute atomic E-state index is 0.00396. The molecule has 126 valence electrons. The second-order valence-corrected chi connectivity index (χ2v) is 7.53. The molecule has 0 spiro atoms. The first-order chi connectivity index (χ1) is 10.2. The molecule has 2 fully saturated rings. The van der Waals surface area contributed by atoms with Crippen LogP contribution in [0.25, 0.3) is 0 Å². The third-order valence-corrected chi connectivity index (χ3v) is 4.64. The molecule has 22 heavy (non-hydrogen) atoms. The van der Waals surface area contributed by atoms with Gasteiger partial charge >= 0.3 is 5.97 Å². The fourth-order valence-corrected chi connectivity index (χ4v) is 3.73. The summed E-state index contributed by atoms with van der Waals surface area (Å²) in [4.78, 5) is 26.2. The van der Waals surface area contributed by atoms with E-state index in [0.29, 0.717) is 19.4 Å². The Kier molecular flexibility index (Phi) is 5.12. The van der Waals surface area contributed by atoms with E-state index in [1.54, 1.807) is 4.90 Å². The summed E-state index contributed by atoms with van der Waals surface area (Å²) in [5.74, 6) is -0.521. The van der Waals surface area contributed by atoms with Gasteiger partial charge in [0.25, 0.3) is 0 Å². The van der Waals surface area contributed by atoms with Crippen molar-refractivity contribution in [1.29, 1.82) is 0 Å². The average Bonchev–Trinajstić information content (AvgIpc) is 2.76. The topological polar surface area (TPSA) is 84.7 Å². The van der Waals surface area contributed by atoms with E-state index in [4.69, 9.17) is 10.5 Å². The van der Waals surface area contributed by atoms with Crippen molar-refractivity contribution in [3.8, 4) is 0 Å². The SMILES string of the molecule is COC(=O)C1CC(NC(C)(C)C)CCC1N1CC[C@H](N)C1=O. The van der Waals surface area contributed by atoms with E-state index in [9.17, 15) is 9.59 Å². The van der Waals surface area contributed by atoms with Crippen LogP contribution in [-0.2, 0) is 14.3 Å². The number of rotatable bonds is 3. The monoisotopic (exact) mass is 311 g/mol. The highest BCUT2D eigenvalue weighted by Crippen LogP contribution is 2.32. The number of carbonyl (C=O) groups is 2. The quantitative estimate of drug-likeness (QED) is 0.747. The van der Waals surface area contributed by atoms with Gasteiger partial charge < -0.3 is 20.7 Å². The standard InChI is InChI=1S/C16H29N3O3/c1-16(2,3)18-10-5-6-13(11(9-10)15(21)22-4)19-8-7-12(17)14(19)20/h10-13,18H,5-9,17H2,1-4H3/t10?,11?,12-,13?/m0/s1. The number of carbonyl (C=O) groups excluding carboxylic acids is 2. The van der Waals surface area contributed by atoms with E-state index >= 15 is 0 Å². The van der Waals surface area contributed by atoms with Crippen molar-refractivity contribution >= 4 is 11.9 Å². The predicted molar refractivity (Wildman–Crippen MR) is 84.1 cm³/mol. The van der Waals surface area contributed by atoms with Crippen molar-refractivity contribution in [2.24, 2.45) is 11.7 Å². The van der Waals surface area contributed by atoms with Crippen molar-refractivity contribution in [3.05, 3.63) is 0 Å². The highest BCUT2D eigenvalue weighted by Gasteiger charge is 2.44. The van der Waals surface area contributed by atoms with Crippen LogP contribution in [0.1, 0.15) is 46.5 Å². The number of esters is 1. The van der Waals surface area contributed by atoms with Gasteiger partial charge in [0.1, 0.15) is 0 Å². The molecule has 6 heteroatoms. The third-order valence-electron chi connectivity index (χ3n) is 4.64. The van der Waals surface area contributed by atoms with Crippen LogP contribution >= 0.6 is 0 Å².